The van der Waals surface area contributed by atoms with Crippen LogP contribution in [0.5, 0.6) is 17.2 Å². The molecule has 3 aliphatic rings. The van der Waals surface area contributed by atoms with Crippen LogP contribution < -0.4 is 19.5 Å². The maximum atomic E-state index is 12.8. The fourth-order valence-corrected chi connectivity index (χ4v) is 4.44. The number of nitrogens with one attached hydrogen (secondary N) is 1. The van der Waals surface area contributed by atoms with E-state index in [1.165, 1.54) is 11.1 Å². The van der Waals surface area contributed by atoms with E-state index in [1.54, 1.807) is 0 Å². The number of nitrogens with zero attached hydrogens (tertiary/aromatic N) is 2. The molecule has 0 aliphatic carbocycles. The van der Waals surface area contributed by atoms with Gasteiger partial charge in [-0.15, -0.1) is 0 Å². The van der Waals surface area contributed by atoms with Gasteiger partial charge >= 0.3 is 0 Å². The number of benzene rings is 2. The molecule has 0 bridgehead atoms. The Balaban J connectivity index is 1.13. The lowest BCUT2D eigenvalue weighted by atomic mass is 10.1. The molecule has 3 aliphatic heterocycles. The van der Waals surface area contributed by atoms with Gasteiger partial charge in [0.1, 0.15) is 19.0 Å². The number of carbonyl (C=O) groups is 1. The molecule has 2 aromatic carbocycles. The minimum atomic E-state index is -0.188. The van der Waals surface area contributed by atoms with Crippen LogP contribution in [0.2, 0.25) is 0 Å². The Morgan fingerprint density at radius 3 is 2.52 bits per heavy atom. The van der Waals surface area contributed by atoms with Crippen LogP contribution in [0.1, 0.15) is 18.1 Å². The van der Waals surface area contributed by atoms with Gasteiger partial charge in [-0.05, 0) is 36.2 Å². The summed E-state index contributed by atoms with van der Waals surface area (Å²) in [5.74, 6) is 2.45. The average Bonchev–Trinajstić information content (AvgIpc) is 3.27. The first-order chi connectivity index (χ1) is 15.2. The molecule has 1 atom stereocenters. The minimum Gasteiger partial charge on any atom is -0.493 e. The molecule has 0 radical (unpaired) electrons. The van der Waals surface area contributed by atoms with Gasteiger partial charge in [-0.2, -0.15) is 0 Å². The number of ether oxygens (including phenoxy) is 3. The van der Waals surface area contributed by atoms with Crippen molar-refractivity contribution in [3.8, 4) is 17.2 Å². The van der Waals surface area contributed by atoms with E-state index in [0.29, 0.717) is 19.0 Å². The molecule has 0 spiro atoms. The number of piperazine rings is 1. The second-order valence-electron chi connectivity index (χ2n) is 8.38. The van der Waals surface area contributed by atoms with Crippen LogP contribution in [-0.4, -0.2) is 67.7 Å². The van der Waals surface area contributed by atoms with Crippen molar-refractivity contribution in [2.75, 3.05) is 51.3 Å². The number of carbonyl (C=O) groups excluding carboxylic acids is 1. The fourth-order valence-electron chi connectivity index (χ4n) is 4.44. The molecule has 1 saturated heterocycles. The van der Waals surface area contributed by atoms with Crippen molar-refractivity contribution in [3.63, 3.8) is 0 Å². The number of fused-ring (bicyclic) bond motifs is 2. The van der Waals surface area contributed by atoms with Crippen LogP contribution in [0.4, 0.5) is 5.69 Å². The molecule has 7 heteroatoms. The fraction of sp³-hybridized carbons (Fsp3) is 0.458. The van der Waals surface area contributed by atoms with E-state index in [9.17, 15) is 4.79 Å². The summed E-state index contributed by atoms with van der Waals surface area (Å²) >= 11 is 0. The van der Waals surface area contributed by atoms with E-state index in [0.717, 1.165) is 62.9 Å². The second-order valence-corrected chi connectivity index (χ2v) is 8.38. The quantitative estimate of drug-likeness (QED) is 0.798. The Hall–Kier alpha value is -2.77. The van der Waals surface area contributed by atoms with Gasteiger partial charge in [0.15, 0.2) is 11.5 Å². The standard InChI is InChI=1S/C24H29N3O4/c1-17(24(28)25-20-3-5-22-23(15-20)31-13-12-30-22)27-9-7-26(8-10-27)16-18-2-4-21-19(14-18)6-11-29-21/h2-5,14-15,17H,6-13,16H2,1H3,(H,25,28)/t17-/m1/s1. The molecule has 164 valence electrons. The zero-order chi connectivity index (χ0) is 21.2. The number of hydrogen-bond donors (Lipinski definition) is 1. The highest BCUT2D eigenvalue weighted by molar-refractivity contribution is 5.94. The lowest BCUT2D eigenvalue weighted by molar-refractivity contribution is -0.121. The normalized spacial score (nSPS) is 19.4. The van der Waals surface area contributed by atoms with Gasteiger partial charge < -0.3 is 19.5 Å². The van der Waals surface area contributed by atoms with Crippen molar-refractivity contribution in [1.82, 2.24) is 9.80 Å². The first kappa shape index (κ1) is 20.2. The van der Waals surface area contributed by atoms with Gasteiger partial charge in [-0.3, -0.25) is 14.6 Å². The lowest BCUT2D eigenvalue weighted by Crippen LogP contribution is -2.52. The Morgan fingerprint density at radius 2 is 1.68 bits per heavy atom. The average molecular weight is 424 g/mol. The summed E-state index contributed by atoms with van der Waals surface area (Å²) in [5, 5.41) is 3.02. The third-order valence-corrected chi connectivity index (χ3v) is 6.30. The predicted molar refractivity (Wildman–Crippen MR) is 118 cm³/mol. The summed E-state index contributed by atoms with van der Waals surface area (Å²) < 4.78 is 16.8. The number of hydrogen-bond acceptors (Lipinski definition) is 6. The Morgan fingerprint density at radius 1 is 0.935 bits per heavy atom. The van der Waals surface area contributed by atoms with Crippen LogP contribution in [-0.2, 0) is 17.8 Å². The molecular formula is C24H29N3O4. The molecule has 1 amide bonds. The van der Waals surface area contributed by atoms with Crippen LogP contribution >= 0.6 is 0 Å². The smallest absolute Gasteiger partial charge is 0.241 e. The zero-order valence-corrected chi connectivity index (χ0v) is 17.9. The van der Waals surface area contributed by atoms with Crippen molar-refractivity contribution in [2.24, 2.45) is 0 Å². The van der Waals surface area contributed by atoms with E-state index in [-0.39, 0.29) is 11.9 Å². The van der Waals surface area contributed by atoms with Crippen molar-refractivity contribution in [3.05, 3.63) is 47.5 Å². The Bertz CT molecular complexity index is 956. The van der Waals surface area contributed by atoms with E-state index in [4.69, 9.17) is 14.2 Å². The molecule has 3 heterocycles. The molecule has 31 heavy (non-hydrogen) atoms. The van der Waals surface area contributed by atoms with Crippen LogP contribution in [0.3, 0.4) is 0 Å². The molecule has 1 fully saturated rings. The first-order valence-corrected chi connectivity index (χ1v) is 11.1. The molecule has 1 N–H and O–H groups in total. The second kappa shape index (κ2) is 8.77. The van der Waals surface area contributed by atoms with Gasteiger partial charge in [-0.25, -0.2) is 0 Å². The zero-order valence-electron chi connectivity index (χ0n) is 17.9. The molecule has 0 saturated carbocycles. The highest BCUT2D eigenvalue weighted by Crippen LogP contribution is 2.32. The molecule has 0 aromatic heterocycles. The maximum Gasteiger partial charge on any atom is 0.241 e. The van der Waals surface area contributed by atoms with Crippen LogP contribution in [0.15, 0.2) is 36.4 Å². The SMILES string of the molecule is C[C@H](C(=O)Nc1ccc2c(c1)OCCO2)N1CCN(Cc2ccc3c(c2)CCO3)CC1. The summed E-state index contributed by atoms with van der Waals surface area (Å²) in [6, 6.07) is 11.9. The van der Waals surface area contributed by atoms with Gasteiger partial charge in [0.05, 0.1) is 12.6 Å². The van der Waals surface area contributed by atoms with E-state index >= 15 is 0 Å². The molecule has 2 aromatic rings. The Labute approximate surface area is 182 Å². The summed E-state index contributed by atoms with van der Waals surface area (Å²) in [6.07, 6.45) is 1.01. The topological polar surface area (TPSA) is 63.3 Å². The predicted octanol–water partition coefficient (Wildman–Crippen LogP) is 2.54. The first-order valence-electron chi connectivity index (χ1n) is 11.1. The molecular weight excluding hydrogens is 394 g/mol. The van der Waals surface area contributed by atoms with Gasteiger partial charge in [0, 0.05) is 50.9 Å². The molecule has 5 rings (SSSR count). The third kappa shape index (κ3) is 4.48. The number of rotatable bonds is 5. The maximum absolute atomic E-state index is 12.8. The number of anilines is 1. The van der Waals surface area contributed by atoms with E-state index < -0.39 is 0 Å². The van der Waals surface area contributed by atoms with E-state index in [1.807, 2.05) is 25.1 Å². The summed E-state index contributed by atoms with van der Waals surface area (Å²) in [6.45, 7) is 8.47. The van der Waals surface area contributed by atoms with Crippen molar-refractivity contribution >= 4 is 11.6 Å². The monoisotopic (exact) mass is 423 g/mol. The van der Waals surface area contributed by atoms with Crippen LogP contribution in [0, 0.1) is 0 Å². The van der Waals surface area contributed by atoms with E-state index in [2.05, 4.69) is 33.3 Å². The summed E-state index contributed by atoms with van der Waals surface area (Å²) in [7, 11) is 0. The lowest BCUT2D eigenvalue weighted by Gasteiger charge is -2.37. The van der Waals surface area contributed by atoms with Gasteiger partial charge in [0.25, 0.3) is 0 Å². The van der Waals surface area contributed by atoms with Crippen molar-refractivity contribution < 1.29 is 19.0 Å². The van der Waals surface area contributed by atoms with Crippen molar-refractivity contribution in [1.29, 1.82) is 0 Å². The minimum absolute atomic E-state index is 0.00347. The van der Waals surface area contributed by atoms with Gasteiger partial charge in [-0.1, -0.05) is 12.1 Å². The molecule has 7 nitrogen and oxygen atoms in total. The highest BCUT2D eigenvalue weighted by Gasteiger charge is 2.26. The van der Waals surface area contributed by atoms with Gasteiger partial charge in [0.2, 0.25) is 5.91 Å². The van der Waals surface area contributed by atoms with Crippen molar-refractivity contribution in [2.45, 2.75) is 25.9 Å². The highest BCUT2D eigenvalue weighted by atomic mass is 16.6. The third-order valence-electron chi connectivity index (χ3n) is 6.30. The van der Waals surface area contributed by atoms with Crippen LogP contribution in [0.25, 0.3) is 0 Å². The largest absolute Gasteiger partial charge is 0.493 e. The number of amides is 1. The molecule has 0 unspecified atom stereocenters. The Kier molecular flexibility index (Phi) is 5.70. The summed E-state index contributed by atoms with van der Waals surface area (Å²) in [4.78, 5) is 17.5. The summed E-state index contributed by atoms with van der Waals surface area (Å²) in [5.41, 5.74) is 3.39.